The second kappa shape index (κ2) is 9.72. The number of aryl methyl sites for hydroxylation is 1. The molecule has 1 aliphatic heterocycles. The summed E-state index contributed by atoms with van der Waals surface area (Å²) in [4.78, 5) is 20.5. The highest BCUT2D eigenvalue weighted by molar-refractivity contribution is 14.0. The lowest BCUT2D eigenvalue weighted by Gasteiger charge is -2.36. The summed E-state index contributed by atoms with van der Waals surface area (Å²) in [7, 11) is 1.72. The first-order valence-corrected chi connectivity index (χ1v) is 8.62. The number of furan rings is 1. The number of piperazine rings is 1. The van der Waals surface area contributed by atoms with E-state index < -0.39 is 0 Å². The number of guanidine groups is 1. The second-order valence-electron chi connectivity index (χ2n) is 6.24. The molecule has 27 heavy (non-hydrogen) atoms. The topological polar surface area (TPSA) is 61.1 Å². The van der Waals surface area contributed by atoms with Crippen LogP contribution in [0.25, 0.3) is 0 Å². The fourth-order valence-corrected chi connectivity index (χ4v) is 2.94. The number of rotatable bonds is 3. The minimum Gasteiger partial charge on any atom is -0.459 e. The number of carbonyl (C=O) groups excluding carboxylic acids is 1. The maximum Gasteiger partial charge on any atom is 0.289 e. The third-order valence-electron chi connectivity index (χ3n) is 4.50. The van der Waals surface area contributed by atoms with Crippen molar-refractivity contribution in [3.8, 4) is 0 Å². The minimum absolute atomic E-state index is 0. The number of halogens is 2. The van der Waals surface area contributed by atoms with Crippen LogP contribution < -0.4 is 5.32 Å². The molecule has 1 aromatic heterocycles. The van der Waals surface area contributed by atoms with Gasteiger partial charge in [-0.2, -0.15) is 0 Å². The van der Waals surface area contributed by atoms with E-state index in [-0.39, 0.29) is 35.7 Å². The molecule has 0 bridgehead atoms. The smallest absolute Gasteiger partial charge is 0.289 e. The summed E-state index contributed by atoms with van der Waals surface area (Å²) in [5.74, 6) is 0.815. The fraction of sp³-hybridized carbons (Fsp3) is 0.368. The van der Waals surface area contributed by atoms with Crippen molar-refractivity contribution < 1.29 is 13.6 Å². The number of hydrogen-bond acceptors (Lipinski definition) is 3. The Hall–Kier alpha value is -2.10. The quantitative estimate of drug-likeness (QED) is 0.412. The largest absolute Gasteiger partial charge is 0.459 e. The molecular formula is C19H24FIN4O2. The van der Waals surface area contributed by atoms with Gasteiger partial charge in [0.05, 0.1) is 6.26 Å². The third kappa shape index (κ3) is 5.21. The highest BCUT2D eigenvalue weighted by Gasteiger charge is 2.25. The Balaban J connectivity index is 0.00000261. The molecule has 8 heteroatoms. The van der Waals surface area contributed by atoms with E-state index in [1.807, 2.05) is 6.07 Å². The third-order valence-corrected chi connectivity index (χ3v) is 4.50. The molecule has 0 radical (unpaired) electrons. The molecule has 1 aromatic carbocycles. The Morgan fingerprint density at radius 3 is 2.52 bits per heavy atom. The van der Waals surface area contributed by atoms with Crippen LogP contribution in [0.2, 0.25) is 0 Å². The van der Waals surface area contributed by atoms with E-state index in [4.69, 9.17) is 4.42 Å². The number of carbonyl (C=O) groups is 1. The monoisotopic (exact) mass is 486 g/mol. The molecule has 2 heterocycles. The van der Waals surface area contributed by atoms with Gasteiger partial charge in [-0.15, -0.1) is 24.0 Å². The molecule has 0 unspecified atom stereocenters. The van der Waals surface area contributed by atoms with Gasteiger partial charge in [0.1, 0.15) is 5.82 Å². The number of amides is 1. The molecule has 1 amide bonds. The molecule has 2 aromatic rings. The molecule has 0 saturated carbocycles. The molecule has 0 spiro atoms. The fourth-order valence-electron chi connectivity index (χ4n) is 2.94. The predicted molar refractivity (Wildman–Crippen MR) is 113 cm³/mol. The van der Waals surface area contributed by atoms with Gasteiger partial charge in [0.2, 0.25) is 0 Å². The van der Waals surface area contributed by atoms with Crippen LogP contribution in [0, 0.1) is 12.7 Å². The standard InChI is InChI=1S/C19H23FN4O2.HI/c1-14-5-6-15(12-16(14)20)13-22-19(21-2)24-9-7-23(8-10-24)18(25)17-4-3-11-26-17;/h3-6,11-12H,7-10,13H2,1-2H3,(H,21,22);1H. The Morgan fingerprint density at radius 2 is 1.93 bits per heavy atom. The van der Waals surface area contributed by atoms with Gasteiger partial charge in [-0.3, -0.25) is 9.79 Å². The molecule has 1 aliphatic rings. The van der Waals surface area contributed by atoms with Crippen LogP contribution in [0.3, 0.4) is 0 Å². The highest BCUT2D eigenvalue weighted by atomic mass is 127. The van der Waals surface area contributed by atoms with Crippen LogP contribution in [-0.2, 0) is 6.54 Å². The Bertz CT molecular complexity index is 787. The van der Waals surface area contributed by atoms with Gasteiger partial charge in [-0.25, -0.2) is 4.39 Å². The first kappa shape index (κ1) is 21.2. The number of nitrogens with zero attached hydrogens (tertiary/aromatic N) is 3. The van der Waals surface area contributed by atoms with Crippen LogP contribution in [0.15, 0.2) is 46.0 Å². The number of aliphatic imine (C=N–C) groups is 1. The van der Waals surface area contributed by atoms with E-state index in [9.17, 15) is 9.18 Å². The second-order valence-corrected chi connectivity index (χ2v) is 6.24. The van der Waals surface area contributed by atoms with Gasteiger partial charge in [0.15, 0.2) is 11.7 Å². The lowest BCUT2D eigenvalue weighted by molar-refractivity contribution is 0.0657. The van der Waals surface area contributed by atoms with Crippen molar-refractivity contribution in [2.75, 3.05) is 33.2 Å². The van der Waals surface area contributed by atoms with Crippen molar-refractivity contribution in [2.24, 2.45) is 4.99 Å². The van der Waals surface area contributed by atoms with Crippen molar-refractivity contribution >= 4 is 35.8 Å². The molecule has 1 N–H and O–H groups in total. The Morgan fingerprint density at radius 1 is 1.22 bits per heavy atom. The molecule has 3 rings (SSSR count). The van der Waals surface area contributed by atoms with Gasteiger partial charge in [0, 0.05) is 39.8 Å². The molecule has 0 atom stereocenters. The van der Waals surface area contributed by atoms with Gasteiger partial charge in [-0.1, -0.05) is 12.1 Å². The van der Waals surface area contributed by atoms with E-state index in [2.05, 4.69) is 15.2 Å². The van der Waals surface area contributed by atoms with Crippen molar-refractivity contribution in [2.45, 2.75) is 13.5 Å². The van der Waals surface area contributed by atoms with Crippen molar-refractivity contribution in [1.82, 2.24) is 15.1 Å². The van der Waals surface area contributed by atoms with Gasteiger partial charge < -0.3 is 19.5 Å². The van der Waals surface area contributed by atoms with Crippen LogP contribution in [0.1, 0.15) is 21.7 Å². The number of nitrogens with one attached hydrogen (secondary N) is 1. The van der Waals surface area contributed by atoms with E-state index in [0.717, 1.165) is 11.5 Å². The summed E-state index contributed by atoms with van der Waals surface area (Å²) in [5, 5.41) is 3.26. The van der Waals surface area contributed by atoms with Crippen molar-refractivity contribution in [3.63, 3.8) is 0 Å². The summed E-state index contributed by atoms with van der Waals surface area (Å²) in [5.41, 5.74) is 1.50. The van der Waals surface area contributed by atoms with Crippen LogP contribution >= 0.6 is 24.0 Å². The van der Waals surface area contributed by atoms with E-state index >= 15 is 0 Å². The molecular weight excluding hydrogens is 462 g/mol. The molecule has 6 nitrogen and oxygen atoms in total. The van der Waals surface area contributed by atoms with Crippen molar-refractivity contribution in [1.29, 1.82) is 0 Å². The minimum atomic E-state index is -0.204. The van der Waals surface area contributed by atoms with E-state index in [0.29, 0.717) is 44.0 Å². The average molecular weight is 486 g/mol. The summed E-state index contributed by atoms with van der Waals surface area (Å²) in [6.45, 7) is 4.78. The summed E-state index contributed by atoms with van der Waals surface area (Å²) < 4.78 is 18.8. The van der Waals surface area contributed by atoms with Gasteiger partial charge >= 0.3 is 0 Å². The average Bonchev–Trinajstić information content (AvgIpc) is 3.20. The van der Waals surface area contributed by atoms with Gasteiger partial charge in [0.25, 0.3) is 5.91 Å². The van der Waals surface area contributed by atoms with E-state index in [1.165, 1.54) is 12.3 Å². The van der Waals surface area contributed by atoms with Crippen LogP contribution in [0.5, 0.6) is 0 Å². The van der Waals surface area contributed by atoms with Crippen LogP contribution in [0.4, 0.5) is 4.39 Å². The normalized spacial score (nSPS) is 14.7. The molecule has 146 valence electrons. The maximum atomic E-state index is 13.7. The summed E-state index contributed by atoms with van der Waals surface area (Å²) in [6, 6.07) is 8.60. The zero-order valence-electron chi connectivity index (χ0n) is 15.4. The summed E-state index contributed by atoms with van der Waals surface area (Å²) in [6.07, 6.45) is 1.50. The molecule has 0 aliphatic carbocycles. The first-order chi connectivity index (χ1) is 12.6. The zero-order valence-corrected chi connectivity index (χ0v) is 17.8. The first-order valence-electron chi connectivity index (χ1n) is 8.62. The van der Waals surface area contributed by atoms with Crippen molar-refractivity contribution in [3.05, 3.63) is 59.3 Å². The lowest BCUT2D eigenvalue weighted by atomic mass is 10.1. The highest BCUT2D eigenvalue weighted by Crippen LogP contribution is 2.11. The maximum absolute atomic E-state index is 13.7. The van der Waals surface area contributed by atoms with Gasteiger partial charge in [-0.05, 0) is 36.2 Å². The number of hydrogen-bond donors (Lipinski definition) is 1. The summed E-state index contributed by atoms with van der Waals surface area (Å²) >= 11 is 0. The molecule has 1 fully saturated rings. The number of benzene rings is 1. The lowest BCUT2D eigenvalue weighted by Crippen LogP contribution is -2.53. The van der Waals surface area contributed by atoms with E-state index in [1.54, 1.807) is 37.1 Å². The SMILES string of the molecule is CN=C(NCc1ccc(C)c(F)c1)N1CCN(C(=O)c2ccco2)CC1.I. The predicted octanol–water partition coefficient (Wildman–Crippen LogP) is 2.88. The zero-order chi connectivity index (χ0) is 18.5. The molecule has 1 saturated heterocycles. The Kier molecular flexibility index (Phi) is 7.64. The van der Waals surface area contributed by atoms with Crippen LogP contribution in [-0.4, -0.2) is 54.9 Å². The Labute approximate surface area is 175 Å².